The number of hydrogen-bond acceptors (Lipinski definition) is 3. The van der Waals surface area contributed by atoms with E-state index >= 15 is 0 Å². The third-order valence-electron chi connectivity index (χ3n) is 3.31. The fraction of sp³-hybridized carbons (Fsp3) is 0.846. The maximum absolute atomic E-state index is 11.9. The number of rotatable bonds is 5. The number of carbonyl (C=O) groups excluding carboxylic acids is 2. The van der Waals surface area contributed by atoms with Gasteiger partial charge in [0.25, 0.3) is 0 Å². The molecular formula is C13H24N2O3. The van der Waals surface area contributed by atoms with Gasteiger partial charge in [-0.05, 0) is 6.42 Å². The first-order valence-electron chi connectivity index (χ1n) is 6.79. The summed E-state index contributed by atoms with van der Waals surface area (Å²) >= 11 is 0. The normalized spacial score (nSPS) is 15.7. The van der Waals surface area contributed by atoms with Crippen molar-refractivity contribution in [2.24, 2.45) is 0 Å². The van der Waals surface area contributed by atoms with E-state index < -0.39 is 0 Å². The Kier molecular flexibility index (Phi) is 6.54. The Morgan fingerprint density at radius 2 is 1.61 bits per heavy atom. The average molecular weight is 256 g/mol. The number of methoxy groups -OCH3 is 1. The molecule has 1 heterocycles. The molecule has 104 valence electrons. The molecule has 0 unspecified atom stereocenters. The Bertz CT molecular complexity index is 273. The van der Waals surface area contributed by atoms with Gasteiger partial charge in [0.15, 0.2) is 0 Å². The third kappa shape index (κ3) is 4.55. The van der Waals surface area contributed by atoms with Gasteiger partial charge in [-0.3, -0.25) is 4.79 Å². The molecule has 1 rings (SSSR count). The highest BCUT2D eigenvalue weighted by Gasteiger charge is 2.23. The zero-order valence-electron chi connectivity index (χ0n) is 11.5. The molecule has 0 aliphatic carbocycles. The standard InChI is InChI=1S/C13H24N2O3/c1-3-4-5-6-7-12(16)14-8-10-15(11-9-14)13(17)18-2/h3-11H2,1-2H3. The van der Waals surface area contributed by atoms with Crippen LogP contribution < -0.4 is 0 Å². The van der Waals surface area contributed by atoms with Crippen molar-refractivity contribution in [3.05, 3.63) is 0 Å². The van der Waals surface area contributed by atoms with Gasteiger partial charge in [-0.25, -0.2) is 4.79 Å². The van der Waals surface area contributed by atoms with Crippen LogP contribution in [0.25, 0.3) is 0 Å². The van der Waals surface area contributed by atoms with Crippen molar-refractivity contribution < 1.29 is 14.3 Å². The molecule has 5 nitrogen and oxygen atoms in total. The number of unbranched alkanes of at least 4 members (excludes halogenated alkanes) is 3. The van der Waals surface area contributed by atoms with Crippen LogP contribution >= 0.6 is 0 Å². The van der Waals surface area contributed by atoms with Gasteiger partial charge in [-0.2, -0.15) is 0 Å². The summed E-state index contributed by atoms with van der Waals surface area (Å²) in [5.74, 6) is 0.218. The molecular weight excluding hydrogens is 232 g/mol. The maximum atomic E-state index is 11.9. The molecule has 0 spiro atoms. The first-order chi connectivity index (χ1) is 8.69. The molecule has 0 N–H and O–H groups in total. The lowest BCUT2D eigenvalue weighted by Gasteiger charge is -2.33. The number of amides is 2. The van der Waals surface area contributed by atoms with E-state index in [2.05, 4.69) is 11.7 Å². The molecule has 1 saturated heterocycles. The molecule has 0 aromatic heterocycles. The van der Waals surface area contributed by atoms with Crippen molar-refractivity contribution in [1.29, 1.82) is 0 Å². The molecule has 1 fully saturated rings. The van der Waals surface area contributed by atoms with Gasteiger partial charge >= 0.3 is 6.09 Å². The number of nitrogens with zero attached hydrogens (tertiary/aromatic N) is 2. The molecule has 0 aromatic rings. The fourth-order valence-corrected chi connectivity index (χ4v) is 2.13. The highest BCUT2D eigenvalue weighted by Crippen LogP contribution is 2.08. The van der Waals surface area contributed by atoms with Crippen LogP contribution in [0.1, 0.15) is 39.0 Å². The number of carbonyl (C=O) groups is 2. The highest BCUT2D eigenvalue weighted by molar-refractivity contribution is 5.76. The van der Waals surface area contributed by atoms with E-state index in [1.807, 2.05) is 4.90 Å². The van der Waals surface area contributed by atoms with Crippen LogP contribution in [0.3, 0.4) is 0 Å². The fourth-order valence-electron chi connectivity index (χ4n) is 2.13. The first-order valence-corrected chi connectivity index (χ1v) is 6.79. The van der Waals surface area contributed by atoms with Crippen molar-refractivity contribution >= 4 is 12.0 Å². The van der Waals surface area contributed by atoms with E-state index in [-0.39, 0.29) is 12.0 Å². The van der Waals surface area contributed by atoms with Crippen LogP contribution in [0.4, 0.5) is 4.79 Å². The Morgan fingerprint density at radius 3 is 2.17 bits per heavy atom. The van der Waals surface area contributed by atoms with E-state index in [0.717, 1.165) is 12.8 Å². The summed E-state index contributed by atoms with van der Waals surface area (Å²) in [6.45, 7) is 4.57. The zero-order chi connectivity index (χ0) is 13.4. The molecule has 1 aliphatic heterocycles. The lowest BCUT2D eigenvalue weighted by Crippen LogP contribution is -2.50. The molecule has 0 atom stereocenters. The topological polar surface area (TPSA) is 49.9 Å². The summed E-state index contributed by atoms with van der Waals surface area (Å²) in [4.78, 5) is 26.7. The molecule has 0 bridgehead atoms. The van der Waals surface area contributed by atoms with Crippen molar-refractivity contribution in [1.82, 2.24) is 9.80 Å². The summed E-state index contributed by atoms with van der Waals surface area (Å²) in [7, 11) is 1.38. The molecule has 0 saturated carbocycles. The largest absolute Gasteiger partial charge is 0.453 e. The number of hydrogen-bond donors (Lipinski definition) is 0. The first kappa shape index (κ1) is 14.8. The second kappa shape index (κ2) is 7.95. The van der Waals surface area contributed by atoms with Gasteiger partial charge in [0.2, 0.25) is 5.91 Å². The van der Waals surface area contributed by atoms with Crippen LogP contribution in [-0.4, -0.2) is 55.1 Å². The van der Waals surface area contributed by atoms with Gasteiger partial charge in [0, 0.05) is 32.6 Å². The van der Waals surface area contributed by atoms with Gasteiger partial charge in [0.1, 0.15) is 0 Å². The van der Waals surface area contributed by atoms with Crippen LogP contribution in [0, 0.1) is 0 Å². The second-order valence-electron chi connectivity index (χ2n) is 4.65. The summed E-state index contributed by atoms with van der Waals surface area (Å²) < 4.78 is 4.66. The molecule has 18 heavy (non-hydrogen) atoms. The Labute approximate surface area is 109 Å². The van der Waals surface area contributed by atoms with E-state index in [4.69, 9.17) is 0 Å². The van der Waals surface area contributed by atoms with Gasteiger partial charge < -0.3 is 14.5 Å². The van der Waals surface area contributed by atoms with Crippen molar-refractivity contribution in [2.45, 2.75) is 39.0 Å². The Morgan fingerprint density at radius 1 is 1.00 bits per heavy atom. The van der Waals surface area contributed by atoms with E-state index in [9.17, 15) is 9.59 Å². The van der Waals surface area contributed by atoms with Gasteiger partial charge in [-0.15, -0.1) is 0 Å². The monoisotopic (exact) mass is 256 g/mol. The number of piperazine rings is 1. The minimum absolute atomic E-state index is 0.218. The molecule has 5 heteroatoms. The summed E-state index contributed by atoms with van der Waals surface area (Å²) in [6.07, 6.45) is 4.83. The lowest BCUT2D eigenvalue weighted by molar-refractivity contribution is -0.132. The predicted octanol–water partition coefficient (Wildman–Crippen LogP) is 1.87. The van der Waals surface area contributed by atoms with E-state index in [1.165, 1.54) is 20.0 Å². The quantitative estimate of drug-likeness (QED) is 0.706. The van der Waals surface area contributed by atoms with Gasteiger partial charge in [-0.1, -0.05) is 26.2 Å². The van der Waals surface area contributed by atoms with Crippen molar-refractivity contribution in [3.63, 3.8) is 0 Å². The van der Waals surface area contributed by atoms with Crippen LogP contribution in [-0.2, 0) is 9.53 Å². The molecule has 2 amide bonds. The van der Waals surface area contributed by atoms with Crippen LogP contribution in [0.2, 0.25) is 0 Å². The predicted molar refractivity (Wildman–Crippen MR) is 69.3 cm³/mol. The summed E-state index contributed by atoms with van der Waals surface area (Å²) in [5, 5.41) is 0. The minimum atomic E-state index is -0.301. The second-order valence-corrected chi connectivity index (χ2v) is 4.65. The molecule has 0 radical (unpaired) electrons. The zero-order valence-corrected chi connectivity index (χ0v) is 11.5. The maximum Gasteiger partial charge on any atom is 0.409 e. The third-order valence-corrected chi connectivity index (χ3v) is 3.31. The number of ether oxygens (including phenoxy) is 1. The van der Waals surface area contributed by atoms with Crippen LogP contribution in [0.15, 0.2) is 0 Å². The molecule has 1 aliphatic rings. The van der Waals surface area contributed by atoms with Crippen molar-refractivity contribution in [2.75, 3.05) is 33.3 Å². The van der Waals surface area contributed by atoms with Crippen molar-refractivity contribution in [3.8, 4) is 0 Å². The van der Waals surface area contributed by atoms with Crippen LogP contribution in [0.5, 0.6) is 0 Å². The smallest absolute Gasteiger partial charge is 0.409 e. The molecule has 0 aromatic carbocycles. The Hall–Kier alpha value is -1.26. The SMILES string of the molecule is CCCCCCC(=O)N1CCN(C(=O)OC)CC1. The van der Waals surface area contributed by atoms with E-state index in [0.29, 0.717) is 32.6 Å². The summed E-state index contributed by atoms with van der Waals surface area (Å²) in [6, 6.07) is 0. The lowest BCUT2D eigenvalue weighted by atomic mass is 10.1. The Balaban J connectivity index is 2.21. The highest BCUT2D eigenvalue weighted by atomic mass is 16.5. The average Bonchev–Trinajstić information content (AvgIpc) is 2.42. The summed E-state index contributed by atoms with van der Waals surface area (Å²) in [5.41, 5.74) is 0. The van der Waals surface area contributed by atoms with Gasteiger partial charge in [0.05, 0.1) is 7.11 Å². The van der Waals surface area contributed by atoms with E-state index in [1.54, 1.807) is 4.90 Å². The minimum Gasteiger partial charge on any atom is -0.453 e.